The van der Waals surface area contributed by atoms with Crippen molar-refractivity contribution in [3.63, 3.8) is 0 Å². The Kier molecular flexibility index (Phi) is 1.31. The zero-order valence-corrected chi connectivity index (χ0v) is 6.28. The van der Waals surface area contributed by atoms with Crippen LogP contribution in [0.3, 0.4) is 0 Å². The largest absolute Gasteiger partial charge is 0.370 e. The van der Waals surface area contributed by atoms with E-state index < -0.39 is 0 Å². The molecule has 0 aliphatic carbocycles. The highest BCUT2D eigenvalue weighted by Crippen LogP contribution is 2.14. The molecular weight excluding hydrogens is 126 g/mol. The van der Waals surface area contributed by atoms with E-state index in [0.29, 0.717) is 0 Å². The van der Waals surface area contributed by atoms with Crippen LogP contribution in [0.2, 0.25) is 0 Å². The highest BCUT2D eigenvalue weighted by atomic mass is 15.2. The van der Waals surface area contributed by atoms with Gasteiger partial charge in [0.2, 0.25) is 0 Å². The van der Waals surface area contributed by atoms with Crippen molar-refractivity contribution in [3.8, 4) is 0 Å². The number of rotatable bonds is 0. The van der Waals surface area contributed by atoms with Crippen molar-refractivity contribution < 1.29 is 0 Å². The minimum atomic E-state index is 0.929. The molecule has 3 heteroatoms. The molecule has 0 atom stereocenters. The summed E-state index contributed by atoms with van der Waals surface area (Å²) in [6, 6.07) is 0. The van der Waals surface area contributed by atoms with Gasteiger partial charge in [0.1, 0.15) is 0 Å². The maximum absolute atomic E-state index is 3.32. The van der Waals surface area contributed by atoms with Crippen molar-refractivity contribution in [1.82, 2.24) is 15.5 Å². The average Bonchev–Trinajstić information content (AvgIpc) is 2.33. The Morgan fingerprint density at radius 1 is 1.30 bits per heavy atom. The third-order valence-electron chi connectivity index (χ3n) is 2.14. The molecule has 0 saturated carbocycles. The van der Waals surface area contributed by atoms with Crippen LogP contribution in [0.25, 0.3) is 0 Å². The van der Waals surface area contributed by atoms with Crippen LogP contribution in [0.1, 0.15) is 6.42 Å². The lowest BCUT2D eigenvalue weighted by Gasteiger charge is -2.22. The lowest BCUT2D eigenvalue weighted by Crippen LogP contribution is -2.30. The van der Waals surface area contributed by atoms with Crippen molar-refractivity contribution in [3.05, 3.63) is 11.4 Å². The molecule has 0 aromatic carbocycles. The summed E-state index contributed by atoms with van der Waals surface area (Å²) in [6.07, 6.45) is 1.18. The Hall–Kier alpha value is -0.700. The smallest absolute Gasteiger partial charge is 0.0845 e. The Labute approximate surface area is 61.1 Å². The van der Waals surface area contributed by atoms with Crippen molar-refractivity contribution in [2.45, 2.75) is 6.42 Å². The van der Waals surface area contributed by atoms with Crippen LogP contribution in [0, 0.1) is 0 Å². The number of nitrogens with zero attached hydrogens (tertiary/aromatic N) is 1. The number of hydrogen-bond donors (Lipinski definition) is 2. The van der Waals surface area contributed by atoms with Gasteiger partial charge >= 0.3 is 0 Å². The van der Waals surface area contributed by atoms with Crippen LogP contribution in [0.4, 0.5) is 0 Å². The number of likely N-dealkylation sites (N-methyl/N-ethyl adjacent to an activating group) is 1. The van der Waals surface area contributed by atoms with Crippen molar-refractivity contribution in [2.75, 3.05) is 26.8 Å². The molecule has 0 radical (unpaired) electrons. The summed E-state index contributed by atoms with van der Waals surface area (Å²) in [5.41, 5.74) is 2.83. The molecule has 2 aliphatic heterocycles. The Morgan fingerprint density at radius 3 is 3.00 bits per heavy atom. The van der Waals surface area contributed by atoms with E-state index in [1.807, 2.05) is 0 Å². The maximum atomic E-state index is 3.32. The van der Waals surface area contributed by atoms with Gasteiger partial charge in [0.25, 0.3) is 0 Å². The highest BCUT2D eigenvalue weighted by Gasteiger charge is 2.18. The zero-order chi connectivity index (χ0) is 6.97. The first-order valence-corrected chi connectivity index (χ1v) is 3.74. The average molecular weight is 139 g/mol. The van der Waals surface area contributed by atoms with Gasteiger partial charge in [0, 0.05) is 30.9 Å². The summed E-state index contributed by atoms with van der Waals surface area (Å²) in [7, 11) is 2.16. The van der Waals surface area contributed by atoms with Crippen molar-refractivity contribution >= 4 is 0 Å². The van der Waals surface area contributed by atoms with Gasteiger partial charge < -0.3 is 15.5 Å². The molecule has 0 fully saturated rings. The summed E-state index contributed by atoms with van der Waals surface area (Å²) in [6.45, 7) is 3.20. The standard InChI is InChI=1S/C7H13N3/c1-10-3-2-6-7(4-10)9-5-8-6/h8-9H,2-5H2,1H3. The van der Waals surface area contributed by atoms with Crippen molar-refractivity contribution in [2.24, 2.45) is 0 Å². The van der Waals surface area contributed by atoms with Crippen molar-refractivity contribution in [1.29, 1.82) is 0 Å². The lowest BCUT2D eigenvalue weighted by atomic mass is 10.2. The predicted molar refractivity (Wildman–Crippen MR) is 40.3 cm³/mol. The summed E-state index contributed by atoms with van der Waals surface area (Å²) in [4.78, 5) is 2.33. The molecule has 2 rings (SSSR count). The molecule has 0 unspecified atom stereocenters. The Morgan fingerprint density at radius 2 is 2.10 bits per heavy atom. The van der Waals surface area contributed by atoms with Gasteiger partial charge in [0.15, 0.2) is 0 Å². The molecule has 0 bridgehead atoms. The molecule has 3 nitrogen and oxygen atoms in total. The summed E-state index contributed by atoms with van der Waals surface area (Å²) in [5.74, 6) is 0. The van der Waals surface area contributed by atoms with Crippen LogP contribution in [-0.4, -0.2) is 31.7 Å². The Bertz CT molecular complexity index is 174. The van der Waals surface area contributed by atoms with E-state index >= 15 is 0 Å². The molecule has 0 amide bonds. The van der Waals surface area contributed by atoms with E-state index in [-0.39, 0.29) is 0 Å². The fraction of sp³-hybridized carbons (Fsp3) is 0.714. The van der Waals surface area contributed by atoms with Gasteiger partial charge in [-0.05, 0) is 7.05 Å². The van der Waals surface area contributed by atoms with Gasteiger partial charge in [-0.25, -0.2) is 0 Å². The first-order chi connectivity index (χ1) is 4.86. The fourth-order valence-corrected chi connectivity index (χ4v) is 1.51. The predicted octanol–water partition coefficient (Wildman–Crippen LogP) is -0.316. The minimum Gasteiger partial charge on any atom is -0.370 e. The molecule has 0 saturated heterocycles. The molecule has 2 heterocycles. The second-order valence-corrected chi connectivity index (χ2v) is 2.98. The molecule has 0 aromatic heterocycles. The third kappa shape index (κ3) is 0.865. The maximum Gasteiger partial charge on any atom is 0.0845 e. The summed E-state index contributed by atoms with van der Waals surface area (Å²) in [5, 5.41) is 6.64. The summed E-state index contributed by atoms with van der Waals surface area (Å²) >= 11 is 0. The lowest BCUT2D eigenvalue weighted by molar-refractivity contribution is 0.343. The van der Waals surface area contributed by atoms with E-state index in [1.54, 1.807) is 0 Å². The van der Waals surface area contributed by atoms with Crippen LogP contribution >= 0.6 is 0 Å². The van der Waals surface area contributed by atoms with E-state index in [1.165, 1.54) is 24.4 Å². The Balaban J connectivity index is 2.13. The van der Waals surface area contributed by atoms with Crippen LogP contribution in [0.5, 0.6) is 0 Å². The first kappa shape index (κ1) is 6.04. The molecule has 10 heavy (non-hydrogen) atoms. The van der Waals surface area contributed by atoms with Gasteiger partial charge in [-0.3, -0.25) is 0 Å². The van der Waals surface area contributed by atoms with Gasteiger partial charge in [-0.15, -0.1) is 0 Å². The van der Waals surface area contributed by atoms with Gasteiger partial charge in [-0.2, -0.15) is 0 Å². The molecular formula is C7H13N3. The molecule has 56 valence electrons. The molecule has 2 aliphatic rings. The minimum absolute atomic E-state index is 0.929. The topological polar surface area (TPSA) is 27.3 Å². The van der Waals surface area contributed by atoms with Crippen LogP contribution < -0.4 is 10.6 Å². The second kappa shape index (κ2) is 2.16. The quantitative estimate of drug-likeness (QED) is 0.482. The van der Waals surface area contributed by atoms with E-state index in [4.69, 9.17) is 0 Å². The number of hydrogen-bond acceptors (Lipinski definition) is 3. The molecule has 0 aromatic rings. The van der Waals surface area contributed by atoms with E-state index in [9.17, 15) is 0 Å². The van der Waals surface area contributed by atoms with Gasteiger partial charge in [-0.1, -0.05) is 0 Å². The highest BCUT2D eigenvalue weighted by molar-refractivity contribution is 5.19. The zero-order valence-electron chi connectivity index (χ0n) is 6.28. The van der Waals surface area contributed by atoms with E-state index in [2.05, 4.69) is 22.6 Å². The first-order valence-electron chi connectivity index (χ1n) is 3.74. The van der Waals surface area contributed by atoms with Crippen LogP contribution in [0.15, 0.2) is 11.4 Å². The molecule has 0 spiro atoms. The normalized spacial score (nSPS) is 25.7. The van der Waals surface area contributed by atoms with Gasteiger partial charge in [0.05, 0.1) is 6.67 Å². The summed E-state index contributed by atoms with van der Waals surface area (Å²) < 4.78 is 0. The van der Waals surface area contributed by atoms with Crippen LogP contribution in [-0.2, 0) is 0 Å². The second-order valence-electron chi connectivity index (χ2n) is 2.98. The number of nitrogens with one attached hydrogen (secondary N) is 2. The SMILES string of the molecule is CN1CCC2=C(C1)NCN2. The third-order valence-corrected chi connectivity index (χ3v) is 2.14. The fourth-order valence-electron chi connectivity index (χ4n) is 1.51. The molecule has 2 N–H and O–H groups in total. The monoisotopic (exact) mass is 139 g/mol. The van der Waals surface area contributed by atoms with E-state index in [0.717, 1.165) is 13.2 Å².